The first-order chi connectivity index (χ1) is 23.6. The Labute approximate surface area is 293 Å². The summed E-state index contributed by atoms with van der Waals surface area (Å²) in [5.74, 6) is 2.04. The summed E-state index contributed by atoms with van der Waals surface area (Å²) in [5, 5.41) is 0. The SMILES string of the molecule is CC(=O)c1cccc(CC(=O)CC(C)(CC(=O)C2CCC(C3Cc4ccccc4CC3=O)CC2)C(=O)C2CCC(C3CCCCC3)CC2)c1. The van der Waals surface area contributed by atoms with Crippen LogP contribution in [0.2, 0.25) is 0 Å². The van der Waals surface area contributed by atoms with Crippen molar-refractivity contribution in [2.75, 3.05) is 0 Å². The van der Waals surface area contributed by atoms with Crippen LogP contribution in [0, 0.1) is 40.9 Å². The maximum absolute atomic E-state index is 14.5. The fourth-order valence-corrected chi connectivity index (χ4v) is 10.2. The van der Waals surface area contributed by atoms with Gasteiger partial charge in [0.25, 0.3) is 0 Å². The van der Waals surface area contributed by atoms with E-state index in [2.05, 4.69) is 18.2 Å². The van der Waals surface area contributed by atoms with Gasteiger partial charge in [-0.3, -0.25) is 24.0 Å². The lowest BCUT2D eigenvalue weighted by molar-refractivity contribution is -0.142. The van der Waals surface area contributed by atoms with E-state index in [1.165, 1.54) is 44.6 Å². The Hall–Kier alpha value is -3.21. The van der Waals surface area contributed by atoms with Gasteiger partial charge in [-0.25, -0.2) is 0 Å². The molecule has 0 aromatic heterocycles. The van der Waals surface area contributed by atoms with Crippen molar-refractivity contribution >= 4 is 28.9 Å². The molecule has 4 aliphatic carbocycles. The quantitative estimate of drug-likeness (QED) is 0.211. The summed E-state index contributed by atoms with van der Waals surface area (Å²) >= 11 is 0. The molecule has 4 aliphatic rings. The molecule has 0 saturated heterocycles. The van der Waals surface area contributed by atoms with E-state index >= 15 is 0 Å². The lowest BCUT2D eigenvalue weighted by Gasteiger charge is -2.39. The molecule has 262 valence electrons. The Balaban J connectivity index is 1.11. The first kappa shape index (κ1) is 35.6. The zero-order chi connectivity index (χ0) is 34.5. The van der Waals surface area contributed by atoms with Crippen LogP contribution < -0.4 is 0 Å². The zero-order valence-corrected chi connectivity index (χ0v) is 29.9. The lowest BCUT2D eigenvalue weighted by Crippen LogP contribution is -2.41. The minimum Gasteiger partial charge on any atom is -0.299 e. The number of rotatable bonds is 12. The Morgan fingerprint density at radius 2 is 1.33 bits per heavy atom. The van der Waals surface area contributed by atoms with Crippen LogP contribution >= 0.6 is 0 Å². The van der Waals surface area contributed by atoms with Gasteiger partial charge in [-0.15, -0.1) is 0 Å². The molecule has 2 aromatic rings. The highest BCUT2D eigenvalue weighted by Crippen LogP contribution is 2.45. The highest BCUT2D eigenvalue weighted by atomic mass is 16.1. The van der Waals surface area contributed by atoms with E-state index in [4.69, 9.17) is 0 Å². The van der Waals surface area contributed by atoms with E-state index in [9.17, 15) is 24.0 Å². The highest BCUT2D eigenvalue weighted by molar-refractivity contribution is 5.97. The molecule has 5 nitrogen and oxygen atoms in total. The summed E-state index contributed by atoms with van der Waals surface area (Å²) in [6, 6.07) is 15.4. The average Bonchev–Trinajstić information content (AvgIpc) is 3.11. The monoisotopic (exact) mass is 664 g/mol. The molecule has 3 fully saturated rings. The average molecular weight is 665 g/mol. The molecular weight excluding hydrogens is 608 g/mol. The number of fused-ring (bicyclic) bond motifs is 1. The first-order valence-corrected chi connectivity index (χ1v) is 19.4. The maximum Gasteiger partial charge on any atom is 0.159 e. The smallest absolute Gasteiger partial charge is 0.159 e. The van der Waals surface area contributed by atoms with Crippen LogP contribution in [0.3, 0.4) is 0 Å². The number of hydrogen-bond donors (Lipinski definition) is 0. The third-order valence-electron chi connectivity index (χ3n) is 13.1. The molecule has 0 bridgehead atoms. The van der Waals surface area contributed by atoms with Crippen molar-refractivity contribution in [3.8, 4) is 0 Å². The summed E-state index contributed by atoms with van der Waals surface area (Å²) in [5.41, 5.74) is 2.74. The molecule has 2 atom stereocenters. The first-order valence-electron chi connectivity index (χ1n) is 19.4. The van der Waals surface area contributed by atoms with E-state index in [1.54, 1.807) is 18.2 Å². The van der Waals surface area contributed by atoms with E-state index in [1.807, 2.05) is 19.1 Å². The lowest BCUT2D eigenvalue weighted by atomic mass is 9.64. The zero-order valence-electron chi connectivity index (χ0n) is 29.9. The Bertz CT molecular complexity index is 1530. The Kier molecular flexibility index (Phi) is 11.5. The number of carbonyl (C=O) groups excluding carboxylic acids is 5. The maximum atomic E-state index is 14.5. The van der Waals surface area contributed by atoms with E-state index < -0.39 is 5.41 Å². The van der Waals surface area contributed by atoms with Crippen LogP contribution in [0.25, 0.3) is 0 Å². The largest absolute Gasteiger partial charge is 0.299 e. The molecule has 3 saturated carbocycles. The molecule has 49 heavy (non-hydrogen) atoms. The van der Waals surface area contributed by atoms with Gasteiger partial charge in [-0.1, -0.05) is 81.5 Å². The van der Waals surface area contributed by atoms with Crippen LogP contribution in [0.4, 0.5) is 0 Å². The van der Waals surface area contributed by atoms with Gasteiger partial charge in [0.05, 0.1) is 0 Å². The van der Waals surface area contributed by atoms with Gasteiger partial charge in [-0.05, 0) is 105 Å². The molecule has 0 radical (unpaired) electrons. The van der Waals surface area contributed by atoms with Gasteiger partial charge in [0.15, 0.2) is 5.78 Å². The topological polar surface area (TPSA) is 85.3 Å². The van der Waals surface area contributed by atoms with Crippen molar-refractivity contribution < 1.29 is 24.0 Å². The van der Waals surface area contributed by atoms with Gasteiger partial charge < -0.3 is 0 Å². The predicted octanol–water partition coefficient (Wildman–Crippen LogP) is 9.10. The van der Waals surface area contributed by atoms with Crippen molar-refractivity contribution in [2.24, 2.45) is 40.9 Å². The predicted molar refractivity (Wildman–Crippen MR) is 192 cm³/mol. The fourth-order valence-electron chi connectivity index (χ4n) is 10.2. The molecular formula is C44H56O5. The minimum absolute atomic E-state index is 0.0284. The van der Waals surface area contributed by atoms with Gasteiger partial charge >= 0.3 is 0 Å². The van der Waals surface area contributed by atoms with E-state index in [0.29, 0.717) is 29.6 Å². The van der Waals surface area contributed by atoms with Gasteiger partial charge in [0.1, 0.15) is 23.1 Å². The summed E-state index contributed by atoms with van der Waals surface area (Å²) < 4.78 is 0. The van der Waals surface area contributed by atoms with Crippen LogP contribution in [-0.2, 0) is 38.4 Å². The Morgan fingerprint density at radius 1 is 0.694 bits per heavy atom. The molecule has 2 unspecified atom stereocenters. The molecule has 0 heterocycles. The molecule has 0 spiro atoms. The van der Waals surface area contributed by atoms with Crippen molar-refractivity contribution in [1.29, 1.82) is 0 Å². The normalized spacial score (nSPS) is 27.5. The third kappa shape index (κ3) is 8.58. The van der Waals surface area contributed by atoms with E-state index in [0.717, 1.165) is 74.8 Å². The number of hydrogen-bond acceptors (Lipinski definition) is 5. The van der Waals surface area contributed by atoms with Gasteiger partial charge in [0.2, 0.25) is 0 Å². The van der Waals surface area contributed by atoms with Crippen molar-refractivity contribution in [3.05, 3.63) is 70.8 Å². The van der Waals surface area contributed by atoms with Crippen LogP contribution in [0.5, 0.6) is 0 Å². The summed E-state index contributed by atoms with van der Waals surface area (Å²) in [4.78, 5) is 67.3. The molecule has 5 heteroatoms. The van der Waals surface area contributed by atoms with Crippen LogP contribution in [-0.4, -0.2) is 28.9 Å². The second-order valence-electron chi connectivity index (χ2n) is 16.6. The van der Waals surface area contributed by atoms with Gasteiger partial charge in [-0.2, -0.15) is 0 Å². The summed E-state index contributed by atoms with van der Waals surface area (Å²) in [6.07, 6.45) is 15.3. The highest BCUT2D eigenvalue weighted by Gasteiger charge is 2.44. The summed E-state index contributed by atoms with van der Waals surface area (Å²) in [6.45, 7) is 3.40. The Morgan fingerprint density at radius 3 is 2.02 bits per heavy atom. The van der Waals surface area contributed by atoms with Crippen molar-refractivity contribution in [1.82, 2.24) is 0 Å². The van der Waals surface area contributed by atoms with Crippen molar-refractivity contribution in [2.45, 2.75) is 129 Å². The molecule has 0 amide bonds. The van der Waals surface area contributed by atoms with Crippen LogP contribution in [0.15, 0.2) is 48.5 Å². The molecule has 0 aliphatic heterocycles. The number of ketones is 5. The second kappa shape index (κ2) is 15.8. The van der Waals surface area contributed by atoms with E-state index in [-0.39, 0.29) is 60.1 Å². The van der Waals surface area contributed by atoms with Gasteiger partial charge in [0, 0.05) is 54.4 Å². The number of carbonyl (C=O) groups is 5. The second-order valence-corrected chi connectivity index (χ2v) is 16.6. The third-order valence-corrected chi connectivity index (χ3v) is 13.1. The minimum atomic E-state index is -1.03. The summed E-state index contributed by atoms with van der Waals surface area (Å²) in [7, 11) is 0. The molecule has 2 aromatic carbocycles. The number of Topliss-reactive ketones (excluding diaryl/α,β-unsaturated/α-hetero) is 5. The standard InChI is InChI=1S/C44H56O5/c1-29(45)36-14-8-9-30(23-36)24-39(46)27-44(2,43(49)35-21-15-32(16-22-35)31-10-4-3-5-11-31)28-42(48)34-19-17-33(18-20-34)40-25-37-12-6-7-13-38(37)26-41(40)47/h6-9,12-14,23,31-35,40H,3-5,10-11,15-22,24-28H2,1-2H3. The van der Waals surface area contributed by atoms with Crippen LogP contribution in [0.1, 0.15) is 137 Å². The molecule has 0 N–H and O–H groups in total. The number of benzene rings is 2. The van der Waals surface area contributed by atoms with Crippen molar-refractivity contribution in [3.63, 3.8) is 0 Å². The fraction of sp³-hybridized carbons (Fsp3) is 0.614. The molecule has 6 rings (SSSR count).